The number of ether oxygens (including phenoxy) is 1. The van der Waals surface area contributed by atoms with Crippen LogP contribution in [0, 0.1) is 0 Å². The Bertz CT molecular complexity index is 238. The maximum Gasteiger partial charge on any atom is 0.208 e. The fourth-order valence-electron chi connectivity index (χ4n) is 1.39. The van der Waals surface area contributed by atoms with E-state index in [9.17, 15) is 0 Å². The van der Waals surface area contributed by atoms with Crippen molar-refractivity contribution in [3.05, 3.63) is 30.3 Å². The Morgan fingerprint density at radius 1 is 1.14 bits per heavy atom. The fourth-order valence-corrected chi connectivity index (χ4v) is 3.32. The summed E-state index contributed by atoms with van der Waals surface area (Å²) >= 11 is 0. The van der Waals surface area contributed by atoms with Crippen LogP contribution in [0.3, 0.4) is 0 Å². The second kappa shape index (κ2) is 6.76. The van der Waals surface area contributed by atoms with Gasteiger partial charge in [-0.1, -0.05) is 37.3 Å². The van der Waals surface area contributed by atoms with Crippen LogP contribution in [-0.2, 0) is 9.16 Å². The molecule has 1 unspecified atom stereocenters. The zero-order valence-corrected chi connectivity index (χ0v) is 10.1. The molecule has 3 heteroatoms. The van der Waals surface area contributed by atoms with Gasteiger partial charge in [0.25, 0.3) is 0 Å². The van der Waals surface area contributed by atoms with E-state index in [-0.39, 0.29) is 0 Å². The third-order valence-corrected chi connectivity index (χ3v) is 4.66. The van der Waals surface area contributed by atoms with Crippen LogP contribution in [0.25, 0.3) is 0 Å². The normalized spacial score (nSPS) is 12.7. The smallest absolute Gasteiger partial charge is 0.208 e. The molecule has 1 aromatic carbocycles. The number of hydrogen-bond donors (Lipinski definition) is 0. The molecule has 0 aromatic heterocycles. The Morgan fingerprint density at radius 2 is 1.86 bits per heavy atom. The number of hydrogen-bond acceptors (Lipinski definition) is 2. The first-order chi connectivity index (χ1) is 6.88. The molecule has 14 heavy (non-hydrogen) atoms. The van der Waals surface area contributed by atoms with Crippen molar-refractivity contribution in [3.8, 4) is 0 Å². The lowest BCUT2D eigenvalue weighted by molar-refractivity contribution is 0.147. The Labute approximate surface area is 87.6 Å². The van der Waals surface area contributed by atoms with Crippen LogP contribution in [0.4, 0.5) is 0 Å². The number of benzene rings is 1. The average molecular weight is 210 g/mol. The Morgan fingerprint density at radius 3 is 2.43 bits per heavy atom. The van der Waals surface area contributed by atoms with Crippen molar-refractivity contribution in [2.75, 3.05) is 20.3 Å². The second-order valence-electron chi connectivity index (χ2n) is 3.17. The molecule has 1 aromatic rings. The molecule has 0 fully saturated rings. The first-order valence-corrected chi connectivity index (χ1v) is 6.90. The van der Waals surface area contributed by atoms with Crippen LogP contribution < -0.4 is 5.19 Å². The minimum absolute atomic E-state index is 0.691. The molecular formula is C11H18O2Si. The fraction of sp³-hybridized carbons (Fsp3) is 0.455. The molecule has 0 radical (unpaired) electrons. The van der Waals surface area contributed by atoms with Crippen molar-refractivity contribution >= 4 is 14.2 Å². The van der Waals surface area contributed by atoms with Gasteiger partial charge in [-0.25, -0.2) is 0 Å². The minimum Gasteiger partial charge on any atom is -0.413 e. The minimum atomic E-state index is -1.18. The zero-order chi connectivity index (χ0) is 10.2. The first kappa shape index (κ1) is 11.4. The molecule has 0 N–H and O–H groups in total. The van der Waals surface area contributed by atoms with Gasteiger partial charge in [0.2, 0.25) is 9.04 Å². The summed E-state index contributed by atoms with van der Waals surface area (Å²) in [6.07, 6.45) is 0. The van der Waals surface area contributed by atoms with Gasteiger partial charge in [0.1, 0.15) is 0 Å². The zero-order valence-electron chi connectivity index (χ0n) is 8.90. The number of rotatable bonds is 6. The van der Waals surface area contributed by atoms with Crippen molar-refractivity contribution < 1.29 is 9.16 Å². The van der Waals surface area contributed by atoms with Crippen LogP contribution in [0.5, 0.6) is 0 Å². The molecule has 0 aliphatic carbocycles. The van der Waals surface area contributed by atoms with E-state index in [4.69, 9.17) is 9.16 Å². The lowest BCUT2D eigenvalue weighted by atomic mass is 10.4. The molecule has 1 rings (SSSR count). The van der Waals surface area contributed by atoms with Crippen LogP contribution in [0.2, 0.25) is 6.04 Å². The second-order valence-corrected chi connectivity index (χ2v) is 5.96. The van der Waals surface area contributed by atoms with E-state index < -0.39 is 9.04 Å². The largest absolute Gasteiger partial charge is 0.413 e. The molecule has 0 aliphatic heterocycles. The summed E-state index contributed by atoms with van der Waals surface area (Å²) in [7, 11) is 0.520. The van der Waals surface area contributed by atoms with Gasteiger partial charge in [0.05, 0.1) is 13.2 Å². The highest BCUT2D eigenvalue weighted by Gasteiger charge is 2.10. The van der Waals surface area contributed by atoms with Crippen molar-refractivity contribution in [1.29, 1.82) is 0 Å². The van der Waals surface area contributed by atoms with E-state index in [1.165, 1.54) is 5.19 Å². The van der Waals surface area contributed by atoms with E-state index in [1.807, 2.05) is 6.07 Å². The van der Waals surface area contributed by atoms with E-state index in [1.54, 1.807) is 7.11 Å². The maximum absolute atomic E-state index is 5.83. The van der Waals surface area contributed by atoms with Gasteiger partial charge in [0, 0.05) is 7.11 Å². The topological polar surface area (TPSA) is 18.5 Å². The molecule has 0 amide bonds. The Kier molecular flexibility index (Phi) is 5.52. The van der Waals surface area contributed by atoms with Crippen LogP contribution in [-0.4, -0.2) is 29.4 Å². The van der Waals surface area contributed by atoms with Gasteiger partial charge in [-0.05, 0) is 11.2 Å². The molecule has 0 heterocycles. The van der Waals surface area contributed by atoms with E-state index in [2.05, 4.69) is 31.2 Å². The molecule has 0 saturated heterocycles. The Balaban J connectivity index is 2.46. The summed E-state index contributed by atoms with van der Waals surface area (Å²) in [5, 5.41) is 1.38. The van der Waals surface area contributed by atoms with Crippen molar-refractivity contribution in [2.45, 2.75) is 13.0 Å². The molecule has 0 spiro atoms. The van der Waals surface area contributed by atoms with Gasteiger partial charge in [-0.15, -0.1) is 0 Å². The summed E-state index contributed by atoms with van der Waals surface area (Å²) < 4.78 is 10.8. The van der Waals surface area contributed by atoms with Crippen LogP contribution in [0.15, 0.2) is 30.3 Å². The summed E-state index contributed by atoms with van der Waals surface area (Å²) in [5.74, 6) is 0. The molecule has 2 nitrogen and oxygen atoms in total. The average Bonchev–Trinajstić information content (AvgIpc) is 2.26. The molecular weight excluding hydrogens is 192 g/mol. The lowest BCUT2D eigenvalue weighted by Gasteiger charge is -2.14. The highest BCUT2D eigenvalue weighted by atomic mass is 28.3. The summed E-state index contributed by atoms with van der Waals surface area (Å²) in [6, 6.07) is 11.6. The van der Waals surface area contributed by atoms with Gasteiger partial charge in [-0.2, -0.15) is 0 Å². The molecule has 0 saturated carbocycles. The van der Waals surface area contributed by atoms with Crippen LogP contribution >= 0.6 is 0 Å². The summed E-state index contributed by atoms with van der Waals surface area (Å²) in [4.78, 5) is 0. The highest BCUT2D eigenvalue weighted by Crippen LogP contribution is 1.96. The standard InChI is InChI=1S/C11H18O2Si/c1-3-14(13-10-9-12-2)11-7-5-4-6-8-11/h4-8,14H,3,9-10H2,1-2H3. The molecule has 78 valence electrons. The van der Waals surface area contributed by atoms with E-state index in [0.717, 1.165) is 12.7 Å². The van der Waals surface area contributed by atoms with Gasteiger partial charge >= 0.3 is 0 Å². The lowest BCUT2D eigenvalue weighted by Crippen LogP contribution is -2.33. The highest BCUT2D eigenvalue weighted by molar-refractivity contribution is 6.67. The van der Waals surface area contributed by atoms with Gasteiger partial charge in [-0.3, -0.25) is 0 Å². The van der Waals surface area contributed by atoms with Gasteiger partial charge in [0.15, 0.2) is 0 Å². The predicted molar refractivity (Wildman–Crippen MR) is 61.5 cm³/mol. The summed E-state index contributed by atoms with van der Waals surface area (Å²) in [5.41, 5.74) is 0. The third kappa shape index (κ3) is 3.62. The molecule has 0 bridgehead atoms. The van der Waals surface area contributed by atoms with Crippen molar-refractivity contribution in [1.82, 2.24) is 0 Å². The number of methoxy groups -OCH3 is 1. The van der Waals surface area contributed by atoms with Crippen molar-refractivity contribution in [3.63, 3.8) is 0 Å². The molecule has 1 atom stereocenters. The third-order valence-electron chi connectivity index (χ3n) is 2.15. The Hall–Kier alpha value is -0.643. The predicted octanol–water partition coefficient (Wildman–Crippen LogP) is 1.30. The first-order valence-electron chi connectivity index (χ1n) is 5.04. The van der Waals surface area contributed by atoms with Crippen molar-refractivity contribution in [2.24, 2.45) is 0 Å². The van der Waals surface area contributed by atoms with E-state index >= 15 is 0 Å². The monoisotopic (exact) mass is 210 g/mol. The maximum atomic E-state index is 5.83. The quantitative estimate of drug-likeness (QED) is 0.520. The van der Waals surface area contributed by atoms with Crippen LogP contribution in [0.1, 0.15) is 6.92 Å². The van der Waals surface area contributed by atoms with Gasteiger partial charge < -0.3 is 9.16 Å². The van der Waals surface area contributed by atoms with E-state index in [0.29, 0.717) is 6.61 Å². The summed E-state index contributed by atoms with van der Waals surface area (Å²) in [6.45, 7) is 3.60. The SMILES string of the molecule is CC[SiH](OCCOC)c1ccccc1. The molecule has 0 aliphatic rings.